The third-order valence-corrected chi connectivity index (χ3v) is 3.97. The summed E-state index contributed by atoms with van der Waals surface area (Å²) in [6.45, 7) is 0. The van der Waals surface area contributed by atoms with Gasteiger partial charge in [0, 0.05) is 23.5 Å². The number of amides is 1. The van der Waals surface area contributed by atoms with Crippen LogP contribution < -0.4 is 20.1 Å². The van der Waals surface area contributed by atoms with E-state index in [4.69, 9.17) is 14.7 Å². The molecule has 0 saturated heterocycles. The SMILES string of the molecule is COc1ccc(Nc2cc(C(=O)Nc3ccccc3C#N)ccn2)cc1OC. The van der Waals surface area contributed by atoms with Crippen LogP contribution in [0.2, 0.25) is 0 Å². The quantitative estimate of drug-likeness (QED) is 0.678. The summed E-state index contributed by atoms with van der Waals surface area (Å²) in [6.07, 6.45) is 1.54. The number of nitrogens with one attached hydrogen (secondary N) is 2. The molecule has 0 bridgehead atoms. The van der Waals surface area contributed by atoms with Gasteiger partial charge >= 0.3 is 0 Å². The Labute approximate surface area is 162 Å². The fourth-order valence-corrected chi connectivity index (χ4v) is 2.59. The van der Waals surface area contributed by atoms with E-state index in [0.29, 0.717) is 34.1 Å². The van der Waals surface area contributed by atoms with Gasteiger partial charge in [0.2, 0.25) is 0 Å². The second-order valence-corrected chi connectivity index (χ2v) is 5.74. The van der Waals surface area contributed by atoms with Gasteiger partial charge < -0.3 is 20.1 Å². The van der Waals surface area contributed by atoms with E-state index in [2.05, 4.69) is 21.7 Å². The van der Waals surface area contributed by atoms with E-state index in [-0.39, 0.29) is 5.91 Å². The molecular weight excluding hydrogens is 356 g/mol. The van der Waals surface area contributed by atoms with Crippen LogP contribution in [0.3, 0.4) is 0 Å². The van der Waals surface area contributed by atoms with Crippen LogP contribution in [0.15, 0.2) is 60.8 Å². The first-order valence-corrected chi connectivity index (χ1v) is 8.40. The van der Waals surface area contributed by atoms with Crippen LogP contribution in [-0.4, -0.2) is 25.1 Å². The van der Waals surface area contributed by atoms with E-state index in [9.17, 15) is 4.79 Å². The highest BCUT2D eigenvalue weighted by Gasteiger charge is 2.11. The van der Waals surface area contributed by atoms with Crippen molar-refractivity contribution >= 4 is 23.1 Å². The van der Waals surface area contributed by atoms with Gasteiger partial charge in [-0.05, 0) is 36.4 Å². The minimum atomic E-state index is -0.333. The van der Waals surface area contributed by atoms with Crippen molar-refractivity contribution < 1.29 is 14.3 Å². The summed E-state index contributed by atoms with van der Waals surface area (Å²) >= 11 is 0. The second kappa shape index (κ2) is 8.56. The van der Waals surface area contributed by atoms with Crippen LogP contribution in [0.25, 0.3) is 0 Å². The molecule has 0 radical (unpaired) electrons. The Morgan fingerprint density at radius 2 is 1.82 bits per heavy atom. The lowest BCUT2D eigenvalue weighted by Crippen LogP contribution is -2.13. The highest BCUT2D eigenvalue weighted by molar-refractivity contribution is 6.05. The summed E-state index contributed by atoms with van der Waals surface area (Å²) in [5.74, 6) is 1.36. The van der Waals surface area contributed by atoms with Gasteiger partial charge in [0.15, 0.2) is 11.5 Å². The van der Waals surface area contributed by atoms with Crippen molar-refractivity contribution in [3.63, 3.8) is 0 Å². The molecule has 0 spiro atoms. The molecule has 2 N–H and O–H groups in total. The van der Waals surface area contributed by atoms with Crippen LogP contribution in [0.4, 0.5) is 17.2 Å². The van der Waals surface area contributed by atoms with Crippen LogP contribution in [0.5, 0.6) is 11.5 Å². The van der Waals surface area contributed by atoms with Gasteiger partial charge in [-0.3, -0.25) is 4.79 Å². The highest BCUT2D eigenvalue weighted by atomic mass is 16.5. The maximum absolute atomic E-state index is 12.6. The molecule has 0 aliphatic heterocycles. The summed E-state index contributed by atoms with van der Waals surface area (Å²) in [4.78, 5) is 16.8. The summed E-state index contributed by atoms with van der Waals surface area (Å²) < 4.78 is 10.5. The van der Waals surface area contributed by atoms with Gasteiger partial charge in [-0.1, -0.05) is 12.1 Å². The first-order chi connectivity index (χ1) is 13.6. The maximum Gasteiger partial charge on any atom is 0.255 e. The number of hydrogen-bond acceptors (Lipinski definition) is 6. The number of benzene rings is 2. The van der Waals surface area contributed by atoms with Crippen molar-refractivity contribution in [2.45, 2.75) is 0 Å². The Kier molecular flexibility index (Phi) is 5.72. The molecule has 3 rings (SSSR count). The predicted octanol–water partition coefficient (Wildman–Crippen LogP) is 3.97. The molecule has 0 aliphatic carbocycles. The van der Waals surface area contributed by atoms with Gasteiger partial charge in [-0.25, -0.2) is 4.98 Å². The number of nitriles is 1. The minimum Gasteiger partial charge on any atom is -0.493 e. The smallest absolute Gasteiger partial charge is 0.255 e. The summed E-state index contributed by atoms with van der Waals surface area (Å²) in [6, 6.07) is 17.5. The number of para-hydroxylation sites is 1. The molecule has 7 nitrogen and oxygen atoms in total. The molecule has 0 aliphatic rings. The van der Waals surface area contributed by atoms with Gasteiger partial charge in [0.1, 0.15) is 11.9 Å². The van der Waals surface area contributed by atoms with Crippen molar-refractivity contribution in [3.05, 3.63) is 71.9 Å². The molecule has 2 aromatic carbocycles. The second-order valence-electron chi connectivity index (χ2n) is 5.74. The summed E-state index contributed by atoms with van der Waals surface area (Å²) in [5.41, 5.74) is 2.00. The minimum absolute atomic E-state index is 0.333. The van der Waals surface area contributed by atoms with E-state index in [1.54, 1.807) is 62.8 Å². The molecule has 0 atom stereocenters. The van der Waals surface area contributed by atoms with Crippen molar-refractivity contribution in [1.82, 2.24) is 4.98 Å². The Morgan fingerprint density at radius 1 is 1.04 bits per heavy atom. The third kappa shape index (κ3) is 4.19. The Hall–Kier alpha value is -4.05. The number of carbonyl (C=O) groups excluding carboxylic acids is 1. The zero-order valence-corrected chi connectivity index (χ0v) is 15.4. The van der Waals surface area contributed by atoms with Gasteiger partial charge in [-0.15, -0.1) is 0 Å². The summed E-state index contributed by atoms with van der Waals surface area (Å²) in [7, 11) is 3.13. The Morgan fingerprint density at radius 3 is 2.57 bits per heavy atom. The fourth-order valence-electron chi connectivity index (χ4n) is 2.59. The zero-order valence-electron chi connectivity index (χ0n) is 15.4. The molecule has 7 heteroatoms. The Bertz CT molecular complexity index is 1040. The monoisotopic (exact) mass is 374 g/mol. The number of carbonyl (C=O) groups is 1. The predicted molar refractivity (Wildman–Crippen MR) is 106 cm³/mol. The largest absolute Gasteiger partial charge is 0.493 e. The van der Waals surface area contributed by atoms with E-state index < -0.39 is 0 Å². The van der Waals surface area contributed by atoms with Gasteiger partial charge in [0.05, 0.1) is 25.5 Å². The van der Waals surface area contributed by atoms with E-state index >= 15 is 0 Å². The molecular formula is C21H18N4O3. The van der Waals surface area contributed by atoms with Crippen molar-refractivity contribution in [2.24, 2.45) is 0 Å². The molecule has 28 heavy (non-hydrogen) atoms. The molecule has 1 aromatic heterocycles. The zero-order chi connectivity index (χ0) is 19.9. The molecule has 3 aromatic rings. The number of hydrogen-bond donors (Lipinski definition) is 2. The van der Waals surface area contributed by atoms with E-state index in [1.165, 1.54) is 6.20 Å². The standard InChI is InChI=1S/C21H18N4O3/c1-27-18-8-7-16(12-19(18)28-2)24-20-11-14(9-10-23-20)21(26)25-17-6-4-3-5-15(17)13-22/h3-12H,1-2H3,(H,23,24)(H,25,26). The van der Waals surface area contributed by atoms with Crippen LogP contribution in [-0.2, 0) is 0 Å². The first-order valence-electron chi connectivity index (χ1n) is 8.40. The number of aromatic nitrogens is 1. The number of ether oxygens (including phenoxy) is 2. The Balaban J connectivity index is 1.79. The normalized spacial score (nSPS) is 9.89. The van der Waals surface area contributed by atoms with Gasteiger partial charge in [-0.2, -0.15) is 5.26 Å². The van der Waals surface area contributed by atoms with Gasteiger partial charge in [0.25, 0.3) is 5.91 Å². The number of methoxy groups -OCH3 is 2. The van der Waals surface area contributed by atoms with Crippen molar-refractivity contribution in [1.29, 1.82) is 5.26 Å². The van der Waals surface area contributed by atoms with E-state index in [0.717, 1.165) is 5.69 Å². The molecule has 140 valence electrons. The molecule has 0 saturated carbocycles. The number of anilines is 3. The number of nitrogens with zero attached hydrogens (tertiary/aromatic N) is 2. The maximum atomic E-state index is 12.6. The highest BCUT2D eigenvalue weighted by Crippen LogP contribution is 2.30. The van der Waals surface area contributed by atoms with Crippen molar-refractivity contribution in [2.75, 3.05) is 24.9 Å². The van der Waals surface area contributed by atoms with Crippen LogP contribution in [0, 0.1) is 11.3 Å². The lowest BCUT2D eigenvalue weighted by atomic mass is 10.1. The average Bonchev–Trinajstić information content (AvgIpc) is 2.74. The van der Waals surface area contributed by atoms with Crippen molar-refractivity contribution in [3.8, 4) is 17.6 Å². The lowest BCUT2D eigenvalue weighted by Gasteiger charge is -2.12. The lowest BCUT2D eigenvalue weighted by molar-refractivity contribution is 0.102. The first kappa shape index (κ1) is 18.7. The van der Waals surface area contributed by atoms with Crippen LogP contribution >= 0.6 is 0 Å². The topological polar surface area (TPSA) is 96.3 Å². The molecule has 1 heterocycles. The molecule has 0 unspecified atom stereocenters. The molecule has 0 fully saturated rings. The number of rotatable bonds is 6. The number of pyridine rings is 1. The van der Waals surface area contributed by atoms with Crippen LogP contribution in [0.1, 0.15) is 15.9 Å². The molecule has 1 amide bonds. The third-order valence-electron chi connectivity index (χ3n) is 3.97. The summed E-state index contributed by atoms with van der Waals surface area (Å²) in [5, 5.41) is 15.0. The fraction of sp³-hybridized carbons (Fsp3) is 0.0952. The average molecular weight is 374 g/mol. The van der Waals surface area contributed by atoms with E-state index in [1.807, 2.05) is 6.07 Å².